The van der Waals surface area contributed by atoms with E-state index in [-0.39, 0.29) is 64.0 Å². The number of ether oxygens (including phenoxy) is 1. The van der Waals surface area contributed by atoms with Crippen molar-refractivity contribution in [1.82, 2.24) is 0 Å². The molecule has 0 aromatic heterocycles. The maximum Gasteiger partial charge on any atom is 0.316 e. The van der Waals surface area contributed by atoms with Crippen LogP contribution in [0.5, 0.6) is 5.75 Å². The number of hydrogen-bond donors (Lipinski definition) is 0. The first kappa shape index (κ1) is 25.1. The van der Waals surface area contributed by atoms with Gasteiger partial charge in [0, 0.05) is 33.3 Å². The number of esters is 1. The minimum absolute atomic E-state index is 0.0591. The Bertz CT molecular complexity index is 1300. The van der Waals surface area contributed by atoms with Crippen LogP contribution in [0, 0.1) is 36.5 Å². The largest absolute Gasteiger partial charge is 0.426 e. The normalized spacial score (nSPS) is 32.4. The van der Waals surface area contributed by atoms with E-state index in [1.54, 1.807) is 54.3 Å². The Balaban J connectivity index is 1.16. The number of benzene rings is 2. The minimum Gasteiger partial charge on any atom is -0.426 e. The van der Waals surface area contributed by atoms with E-state index in [0.29, 0.717) is 27.7 Å². The van der Waals surface area contributed by atoms with Gasteiger partial charge in [0.05, 0.1) is 23.4 Å². The Labute approximate surface area is 235 Å². The van der Waals surface area contributed by atoms with E-state index in [4.69, 9.17) is 16.3 Å². The molecule has 2 aromatic carbocycles. The lowest BCUT2D eigenvalue weighted by atomic mass is 9.81. The lowest BCUT2D eigenvalue weighted by Crippen LogP contribution is -2.37. The van der Waals surface area contributed by atoms with E-state index < -0.39 is 11.9 Å². The molecule has 2 aromatic rings. The summed E-state index contributed by atoms with van der Waals surface area (Å²) in [4.78, 5) is 55.3. The molecule has 6 rings (SSSR count). The molecule has 4 fully saturated rings. The number of amides is 3. The van der Waals surface area contributed by atoms with Gasteiger partial charge < -0.3 is 9.64 Å². The van der Waals surface area contributed by atoms with E-state index in [0.717, 1.165) is 6.42 Å². The third-order valence-corrected chi connectivity index (χ3v) is 11.7. The number of alkyl halides is 2. The number of rotatable bonds is 4. The minimum atomic E-state index is -0.603. The second kappa shape index (κ2) is 9.20. The van der Waals surface area contributed by atoms with Crippen molar-refractivity contribution in [3.05, 3.63) is 53.1 Å². The third kappa shape index (κ3) is 3.96. The van der Waals surface area contributed by atoms with Gasteiger partial charge in [-0.25, -0.2) is 4.90 Å². The van der Waals surface area contributed by atoms with Gasteiger partial charge in [-0.3, -0.25) is 19.2 Å². The summed E-state index contributed by atoms with van der Waals surface area (Å²) in [6, 6.07) is 11.8. The first-order valence-electron chi connectivity index (χ1n) is 12.2. The van der Waals surface area contributed by atoms with Crippen molar-refractivity contribution in [3.63, 3.8) is 0 Å². The summed E-state index contributed by atoms with van der Waals surface area (Å²) >= 11 is 13.4. The Hall–Kier alpha value is -2.23. The van der Waals surface area contributed by atoms with Crippen LogP contribution in [0.3, 0.4) is 0 Å². The maximum absolute atomic E-state index is 13.4. The predicted octanol–water partition coefficient (Wildman–Crippen LogP) is 4.89. The lowest BCUT2D eigenvalue weighted by Gasteiger charge is -2.28. The number of carbonyl (C=O) groups excluding carboxylic acids is 4. The van der Waals surface area contributed by atoms with Gasteiger partial charge in [-0.05, 0) is 73.2 Å². The molecular formula is C27H23Br2ClN2O5. The van der Waals surface area contributed by atoms with Crippen LogP contribution in [-0.4, -0.2) is 39.9 Å². The second-order valence-corrected chi connectivity index (χ2v) is 12.8. The highest BCUT2D eigenvalue weighted by atomic mass is 79.9. The van der Waals surface area contributed by atoms with Gasteiger partial charge in [0.25, 0.3) is 0 Å². The molecule has 2 aliphatic heterocycles. The molecule has 0 spiro atoms. The second-order valence-electron chi connectivity index (χ2n) is 10.3. The van der Waals surface area contributed by atoms with Crippen molar-refractivity contribution in [2.24, 2.45) is 29.6 Å². The lowest BCUT2D eigenvalue weighted by molar-refractivity contribution is -0.139. The third-order valence-electron chi connectivity index (χ3n) is 8.21. The Morgan fingerprint density at radius 3 is 2.19 bits per heavy atom. The maximum atomic E-state index is 13.4. The van der Waals surface area contributed by atoms with Gasteiger partial charge >= 0.3 is 5.97 Å². The van der Waals surface area contributed by atoms with E-state index >= 15 is 0 Å². The smallest absolute Gasteiger partial charge is 0.316 e. The quantitative estimate of drug-likeness (QED) is 0.204. The van der Waals surface area contributed by atoms with E-state index in [1.807, 2.05) is 0 Å². The SMILES string of the molecule is Cc1cc(OC(=O)[C@@H]2CC(=O)N(c3ccc(Cl)cc3)C2)ccc1N1C(=O)[C@@H]2[C@H]3C[C@@H]([C@H](Br)[C@H]3Br)[C@@H]2C1=O. The van der Waals surface area contributed by atoms with Crippen molar-refractivity contribution in [3.8, 4) is 5.75 Å². The first-order valence-corrected chi connectivity index (χ1v) is 14.4. The van der Waals surface area contributed by atoms with Crippen molar-refractivity contribution < 1.29 is 23.9 Å². The molecule has 2 bridgehead atoms. The van der Waals surface area contributed by atoms with Gasteiger partial charge in [0.1, 0.15) is 5.75 Å². The van der Waals surface area contributed by atoms with Crippen LogP contribution in [0.25, 0.3) is 0 Å². The van der Waals surface area contributed by atoms with Crippen LogP contribution in [0.15, 0.2) is 42.5 Å². The molecular weight excluding hydrogens is 628 g/mol. The predicted molar refractivity (Wildman–Crippen MR) is 145 cm³/mol. The zero-order chi connectivity index (χ0) is 26.2. The van der Waals surface area contributed by atoms with Gasteiger partial charge in [-0.2, -0.15) is 0 Å². The molecule has 192 valence electrons. The van der Waals surface area contributed by atoms with E-state index in [9.17, 15) is 19.2 Å². The zero-order valence-corrected chi connectivity index (χ0v) is 23.7. The molecule has 2 aliphatic carbocycles. The fourth-order valence-corrected chi connectivity index (χ4v) is 8.46. The summed E-state index contributed by atoms with van der Waals surface area (Å²) in [5.41, 5.74) is 1.86. The highest BCUT2D eigenvalue weighted by molar-refractivity contribution is 9.12. The number of aryl methyl sites for hydroxylation is 1. The number of halogens is 3. The van der Waals surface area contributed by atoms with Crippen LogP contribution in [0.2, 0.25) is 5.02 Å². The highest BCUT2D eigenvalue weighted by Gasteiger charge is 2.66. The molecule has 2 saturated carbocycles. The van der Waals surface area contributed by atoms with Crippen LogP contribution in [-0.2, 0) is 19.2 Å². The fourth-order valence-electron chi connectivity index (χ4n) is 6.46. The van der Waals surface area contributed by atoms with Gasteiger partial charge in [0.15, 0.2) is 0 Å². The van der Waals surface area contributed by atoms with Gasteiger partial charge in [0.2, 0.25) is 17.7 Å². The summed E-state index contributed by atoms with van der Waals surface area (Å²) in [6.45, 7) is 2.01. The number of carbonyl (C=O) groups is 4. The molecule has 37 heavy (non-hydrogen) atoms. The fraction of sp³-hybridized carbons (Fsp3) is 0.407. The monoisotopic (exact) mass is 648 g/mol. The van der Waals surface area contributed by atoms with E-state index in [1.165, 1.54) is 4.90 Å². The molecule has 0 unspecified atom stereocenters. The topological polar surface area (TPSA) is 84.0 Å². The molecule has 2 saturated heterocycles. The Morgan fingerprint density at radius 1 is 0.973 bits per heavy atom. The number of imide groups is 1. The molecule has 3 amide bonds. The average molecular weight is 651 g/mol. The molecule has 0 N–H and O–H groups in total. The van der Waals surface area contributed by atoms with Crippen molar-refractivity contribution >= 4 is 78.5 Å². The van der Waals surface area contributed by atoms with Gasteiger partial charge in [-0.1, -0.05) is 43.5 Å². The van der Waals surface area contributed by atoms with Crippen LogP contribution in [0.1, 0.15) is 18.4 Å². The van der Waals surface area contributed by atoms with Gasteiger partial charge in [-0.15, -0.1) is 0 Å². The summed E-state index contributed by atoms with van der Waals surface area (Å²) in [6.07, 6.45) is 0.934. The average Bonchev–Trinajstić information content (AvgIpc) is 3.58. The Morgan fingerprint density at radius 2 is 1.59 bits per heavy atom. The molecule has 4 aliphatic rings. The first-order chi connectivity index (χ1) is 17.7. The number of fused-ring (bicyclic) bond motifs is 5. The van der Waals surface area contributed by atoms with Crippen molar-refractivity contribution in [2.45, 2.75) is 29.4 Å². The zero-order valence-electron chi connectivity index (χ0n) is 19.8. The number of anilines is 2. The number of nitrogens with zero attached hydrogens (tertiary/aromatic N) is 2. The Kier molecular flexibility index (Phi) is 6.24. The number of hydrogen-bond acceptors (Lipinski definition) is 5. The summed E-state index contributed by atoms with van der Waals surface area (Å²) < 4.78 is 5.61. The van der Waals surface area contributed by atoms with Crippen LogP contribution in [0.4, 0.5) is 11.4 Å². The van der Waals surface area contributed by atoms with Crippen molar-refractivity contribution in [2.75, 3.05) is 16.3 Å². The summed E-state index contributed by atoms with van der Waals surface area (Å²) in [5, 5.41) is 0.567. The molecule has 10 heteroatoms. The van der Waals surface area contributed by atoms with Crippen molar-refractivity contribution in [1.29, 1.82) is 0 Å². The summed E-state index contributed by atoms with van der Waals surface area (Å²) in [7, 11) is 0. The highest BCUT2D eigenvalue weighted by Crippen LogP contribution is 2.60. The molecule has 2 heterocycles. The standard InChI is InChI=1S/C27H23Br2ClN2O5/c1-12-8-16(37-27(36)13-9-20(33)31(11-13)15-4-2-14(30)3-5-15)6-7-19(12)32-25(34)21-17-10-18(22(21)26(32)35)24(29)23(17)28/h2-8,13,17-18,21-24H,9-11H2,1H3/t13-,17-,18-,21-,22+,23+,24+/m1/s1. The summed E-state index contributed by atoms with van der Waals surface area (Å²) in [5.74, 6) is -1.55. The van der Waals surface area contributed by atoms with E-state index in [2.05, 4.69) is 31.9 Å². The van der Waals surface area contributed by atoms with Crippen LogP contribution >= 0.6 is 43.5 Å². The molecule has 0 radical (unpaired) electrons. The molecule has 7 atom stereocenters. The van der Waals surface area contributed by atoms with Crippen LogP contribution < -0.4 is 14.5 Å². The molecule has 7 nitrogen and oxygen atoms in total.